The number of benzene rings is 1. The summed E-state index contributed by atoms with van der Waals surface area (Å²) in [7, 11) is -3.52. The van der Waals surface area contributed by atoms with Gasteiger partial charge in [-0.2, -0.15) is 11.8 Å². The molecule has 0 radical (unpaired) electrons. The number of sulfone groups is 1. The van der Waals surface area contributed by atoms with E-state index >= 15 is 0 Å². The molecule has 0 aromatic heterocycles. The van der Waals surface area contributed by atoms with Crippen molar-refractivity contribution >= 4 is 33.4 Å². The lowest BCUT2D eigenvalue weighted by molar-refractivity contribution is -0.137. The highest BCUT2D eigenvalue weighted by Gasteiger charge is 2.32. The number of rotatable bonds is 5. The van der Waals surface area contributed by atoms with Crippen molar-refractivity contribution in [3.63, 3.8) is 0 Å². The SMILES string of the molecule is CCSCC(=O)N1CCCN1C(=O)c1ccccc1S(C)(=O)=O. The zero-order valence-corrected chi connectivity index (χ0v) is 14.8. The van der Waals surface area contributed by atoms with Crippen LogP contribution in [0.25, 0.3) is 0 Å². The minimum atomic E-state index is -3.52. The van der Waals surface area contributed by atoms with Crippen LogP contribution in [0.1, 0.15) is 23.7 Å². The third-order valence-electron chi connectivity index (χ3n) is 3.50. The van der Waals surface area contributed by atoms with Crippen LogP contribution in [-0.4, -0.2) is 61.1 Å². The molecule has 2 amide bonds. The number of carbonyl (C=O) groups excluding carboxylic acids is 2. The lowest BCUT2D eigenvalue weighted by Crippen LogP contribution is -2.46. The van der Waals surface area contributed by atoms with Gasteiger partial charge < -0.3 is 0 Å². The number of nitrogens with zero attached hydrogens (tertiary/aromatic N) is 2. The van der Waals surface area contributed by atoms with E-state index in [1.807, 2.05) is 6.92 Å². The van der Waals surface area contributed by atoms with E-state index in [9.17, 15) is 18.0 Å². The number of amides is 2. The highest BCUT2D eigenvalue weighted by atomic mass is 32.2. The molecule has 1 aliphatic rings. The summed E-state index contributed by atoms with van der Waals surface area (Å²) in [5.41, 5.74) is 0.109. The second kappa shape index (κ2) is 7.35. The van der Waals surface area contributed by atoms with Gasteiger partial charge in [0.2, 0.25) is 0 Å². The van der Waals surface area contributed by atoms with Crippen molar-refractivity contribution in [2.45, 2.75) is 18.2 Å². The number of hydrazine groups is 1. The average molecular weight is 356 g/mol. The van der Waals surface area contributed by atoms with Crippen LogP contribution in [0.2, 0.25) is 0 Å². The van der Waals surface area contributed by atoms with Gasteiger partial charge in [0, 0.05) is 19.3 Å². The minimum Gasteiger partial charge on any atom is -0.272 e. The zero-order valence-electron chi connectivity index (χ0n) is 13.2. The molecular weight excluding hydrogens is 336 g/mol. The quantitative estimate of drug-likeness (QED) is 0.798. The second-order valence-electron chi connectivity index (χ2n) is 5.20. The largest absolute Gasteiger partial charge is 0.273 e. The Morgan fingerprint density at radius 2 is 1.83 bits per heavy atom. The Kier molecular flexibility index (Phi) is 5.69. The number of thioether (sulfide) groups is 1. The molecule has 8 heteroatoms. The summed E-state index contributed by atoms with van der Waals surface area (Å²) in [5.74, 6) is 0.566. The molecule has 0 aliphatic carbocycles. The normalized spacial score (nSPS) is 15.0. The average Bonchev–Trinajstić information content (AvgIpc) is 3.00. The lowest BCUT2D eigenvalue weighted by atomic mass is 10.2. The molecule has 6 nitrogen and oxygen atoms in total. The van der Waals surface area contributed by atoms with Crippen molar-refractivity contribution in [1.29, 1.82) is 0 Å². The van der Waals surface area contributed by atoms with Crippen molar-refractivity contribution in [1.82, 2.24) is 10.0 Å². The third-order valence-corrected chi connectivity index (χ3v) is 5.51. The van der Waals surface area contributed by atoms with E-state index in [-0.39, 0.29) is 16.4 Å². The van der Waals surface area contributed by atoms with Gasteiger partial charge in [0.25, 0.3) is 11.8 Å². The first-order chi connectivity index (χ1) is 10.9. The maximum absolute atomic E-state index is 12.8. The van der Waals surface area contributed by atoms with Gasteiger partial charge >= 0.3 is 0 Å². The molecule has 0 bridgehead atoms. The number of carbonyl (C=O) groups is 2. The summed E-state index contributed by atoms with van der Waals surface area (Å²) in [5, 5.41) is 2.80. The molecule has 0 unspecified atom stereocenters. The number of hydrogen-bond donors (Lipinski definition) is 0. The van der Waals surface area contributed by atoms with Crippen molar-refractivity contribution in [2.24, 2.45) is 0 Å². The summed E-state index contributed by atoms with van der Waals surface area (Å²) in [6.45, 7) is 2.86. The van der Waals surface area contributed by atoms with Crippen molar-refractivity contribution in [2.75, 3.05) is 30.9 Å². The van der Waals surface area contributed by atoms with Gasteiger partial charge in [-0.25, -0.2) is 13.4 Å². The van der Waals surface area contributed by atoms with E-state index in [1.54, 1.807) is 12.1 Å². The highest BCUT2D eigenvalue weighted by Crippen LogP contribution is 2.21. The first-order valence-electron chi connectivity index (χ1n) is 7.35. The maximum Gasteiger partial charge on any atom is 0.273 e. The fourth-order valence-corrected chi connectivity index (χ4v) is 3.86. The zero-order chi connectivity index (χ0) is 17.0. The smallest absolute Gasteiger partial charge is 0.272 e. The second-order valence-corrected chi connectivity index (χ2v) is 8.46. The fourth-order valence-electron chi connectivity index (χ4n) is 2.45. The summed E-state index contributed by atoms with van der Waals surface area (Å²) < 4.78 is 23.8. The molecule has 2 rings (SSSR count). The molecule has 1 fully saturated rings. The van der Waals surface area contributed by atoms with E-state index in [0.29, 0.717) is 25.3 Å². The first kappa shape index (κ1) is 17.8. The highest BCUT2D eigenvalue weighted by molar-refractivity contribution is 7.99. The van der Waals surface area contributed by atoms with Gasteiger partial charge in [-0.15, -0.1) is 0 Å². The van der Waals surface area contributed by atoms with Gasteiger partial charge in [-0.1, -0.05) is 19.1 Å². The molecule has 1 aliphatic heterocycles. The van der Waals surface area contributed by atoms with Gasteiger partial charge in [0.15, 0.2) is 9.84 Å². The Bertz CT molecular complexity index is 703. The Hall–Kier alpha value is -1.54. The molecule has 1 aromatic rings. The van der Waals surface area contributed by atoms with Gasteiger partial charge in [0.05, 0.1) is 16.2 Å². The van der Waals surface area contributed by atoms with E-state index in [2.05, 4.69) is 0 Å². The third kappa shape index (κ3) is 4.06. The number of hydrogen-bond acceptors (Lipinski definition) is 5. The summed E-state index contributed by atoms with van der Waals surface area (Å²) in [6.07, 6.45) is 1.76. The minimum absolute atomic E-state index is 0.00719. The molecule has 0 spiro atoms. The topological polar surface area (TPSA) is 74.8 Å². The molecular formula is C15H20N2O4S2. The van der Waals surface area contributed by atoms with E-state index in [1.165, 1.54) is 33.9 Å². The molecule has 0 atom stereocenters. The molecule has 0 N–H and O–H groups in total. The Balaban J connectivity index is 2.28. The Morgan fingerprint density at radius 1 is 1.17 bits per heavy atom. The first-order valence-corrected chi connectivity index (χ1v) is 10.4. The van der Waals surface area contributed by atoms with Crippen molar-refractivity contribution < 1.29 is 18.0 Å². The molecule has 23 heavy (non-hydrogen) atoms. The summed E-state index contributed by atoms with van der Waals surface area (Å²) in [4.78, 5) is 25.0. The van der Waals surface area contributed by atoms with Crippen LogP contribution in [0.3, 0.4) is 0 Å². The van der Waals surface area contributed by atoms with E-state index in [4.69, 9.17) is 0 Å². The summed E-state index contributed by atoms with van der Waals surface area (Å²) >= 11 is 1.49. The Labute approximate surface area is 140 Å². The van der Waals surface area contributed by atoms with Gasteiger partial charge in [-0.05, 0) is 24.3 Å². The van der Waals surface area contributed by atoms with Crippen LogP contribution in [0, 0.1) is 0 Å². The van der Waals surface area contributed by atoms with Crippen molar-refractivity contribution in [3.05, 3.63) is 29.8 Å². The summed E-state index contributed by atoms with van der Waals surface area (Å²) in [6, 6.07) is 6.10. The molecule has 1 saturated heterocycles. The molecule has 1 heterocycles. The standard InChI is InChI=1S/C15H20N2O4S2/c1-3-22-11-14(18)16-9-6-10-17(16)15(19)12-7-4-5-8-13(12)23(2,20)21/h4-5,7-8H,3,6,9-11H2,1-2H3. The molecule has 126 valence electrons. The molecule has 0 saturated carbocycles. The van der Waals surface area contributed by atoms with E-state index in [0.717, 1.165) is 12.0 Å². The van der Waals surface area contributed by atoms with Gasteiger partial charge in [0.1, 0.15) is 0 Å². The van der Waals surface area contributed by atoms with Crippen LogP contribution in [0.4, 0.5) is 0 Å². The maximum atomic E-state index is 12.8. The fraction of sp³-hybridized carbons (Fsp3) is 0.467. The van der Waals surface area contributed by atoms with Crippen LogP contribution in [0.15, 0.2) is 29.2 Å². The Morgan fingerprint density at radius 3 is 2.48 bits per heavy atom. The van der Waals surface area contributed by atoms with Crippen LogP contribution < -0.4 is 0 Å². The lowest BCUT2D eigenvalue weighted by Gasteiger charge is -2.28. The molecule has 1 aromatic carbocycles. The predicted octanol–water partition coefficient (Wildman–Crippen LogP) is 1.43. The van der Waals surface area contributed by atoms with Gasteiger partial charge in [-0.3, -0.25) is 14.6 Å². The predicted molar refractivity (Wildman–Crippen MR) is 89.9 cm³/mol. The van der Waals surface area contributed by atoms with Crippen LogP contribution in [-0.2, 0) is 14.6 Å². The van der Waals surface area contributed by atoms with Crippen LogP contribution >= 0.6 is 11.8 Å². The monoisotopic (exact) mass is 356 g/mol. The van der Waals surface area contributed by atoms with Crippen molar-refractivity contribution in [3.8, 4) is 0 Å². The van der Waals surface area contributed by atoms with Crippen LogP contribution in [0.5, 0.6) is 0 Å². The van der Waals surface area contributed by atoms with E-state index < -0.39 is 15.7 Å².